The number of nitrogens with zero attached hydrogens (tertiary/aromatic N) is 4. The normalized spacial score (nSPS) is 18.8. The second-order valence-electron chi connectivity index (χ2n) is 13.8. The molecule has 0 spiro atoms. The summed E-state index contributed by atoms with van der Waals surface area (Å²) < 4.78 is 42.8. The van der Waals surface area contributed by atoms with Crippen molar-refractivity contribution in [2.24, 2.45) is 5.92 Å². The lowest BCUT2D eigenvalue weighted by molar-refractivity contribution is 0.1000. The first kappa shape index (κ1) is 35.5. The van der Waals surface area contributed by atoms with Crippen LogP contribution in [0.3, 0.4) is 0 Å². The zero-order valence-corrected chi connectivity index (χ0v) is 29.4. The fourth-order valence-electron chi connectivity index (χ4n) is 7.40. The molecule has 3 saturated heterocycles. The summed E-state index contributed by atoms with van der Waals surface area (Å²) in [6.45, 7) is 7.66. The third-order valence-corrected chi connectivity index (χ3v) is 11.8. The number of H-pyrrole nitrogens is 2. The highest BCUT2D eigenvalue weighted by Crippen LogP contribution is 2.31. The molecule has 4 aromatic rings. The molecule has 51 heavy (non-hydrogen) atoms. The number of likely N-dealkylation sites (tertiary alicyclic amines) is 2. The van der Waals surface area contributed by atoms with Gasteiger partial charge in [-0.05, 0) is 94.2 Å². The van der Waals surface area contributed by atoms with E-state index in [1.54, 1.807) is 30.0 Å². The highest BCUT2D eigenvalue weighted by Gasteiger charge is 2.25. The molecule has 2 aromatic heterocycles. The summed E-state index contributed by atoms with van der Waals surface area (Å²) in [5, 5.41) is 0.426. The van der Waals surface area contributed by atoms with Crippen LogP contribution in [0.4, 0.5) is 8.78 Å². The van der Waals surface area contributed by atoms with Crippen molar-refractivity contribution in [3.63, 3.8) is 0 Å². The molecular weight excluding hydrogens is 679 g/mol. The summed E-state index contributed by atoms with van der Waals surface area (Å²) in [5.74, 6) is 1.02. The Morgan fingerprint density at radius 1 is 0.863 bits per heavy atom. The summed E-state index contributed by atoms with van der Waals surface area (Å²) >= 11 is 1.74. The topological polar surface area (TPSA) is 126 Å². The summed E-state index contributed by atoms with van der Waals surface area (Å²) in [7, 11) is 0. The van der Waals surface area contributed by atoms with E-state index in [0.717, 1.165) is 91.0 Å². The lowest BCUT2D eigenvalue weighted by atomic mass is 9.89. The molecule has 0 saturated carbocycles. The number of nitrogens with one attached hydrogen (secondary N) is 2. The molecule has 272 valence electrons. The number of thioether (sulfide) groups is 1. The molecule has 0 radical (unpaired) electrons. The van der Waals surface area contributed by atoms with Gasteiger partial charge in [0, 0.05) is 55.9 Å². The van der Waals surface area contributed by atoms with Gasteiger partial charge >= 0.3 is 5.69 Å². The van der Waals surface area contributed by atoms with Crippen molar-refractivity contribution in [3.05, 3.63) is 96.8 Å². The van der Waals surface area contributed by atoms with E-state index >= 15 is 4.39 Å². The number of ether oxygens (including phenoxy) is 2. The first-order chi connectivity index (χ1) is 24.8. The Bertz CT molecular complexity index is 2000. The molecule has 0 unspecified atom stereocenters. The van der Waals surface area contributed by atoms with Gasteiger partial charge in [0.2, 0.25) is 0 Å². The maximum absolute atomic E-state index is 15.1. The van der Waals surface area contributed by atoms with Gasteiger partial charge in [0.1, 0.15) is 28.6 Å². The summed E-state index contributed by atoms with van der Waals surface area (Å²) in [6, 6.07) is 9.05. The molecule has 0 bridgehead atoms. The van der Waals surface area contributed by atoms with Crippen LogP contribution < -0.4 is 21.5 Å². The lowest BCUT2D eigenvalue weighted by Gasteiger charge is -2.36. The van der Waals surface area contributed by atoms with Gasteiger partial charge < -0.3 is 24.3 Å². The Kier molecular flexibility index (Phi) is 11.3. The molecule has 14 heteroatoms. The van der Waals surface area contributed by atoms with Crippen molar-refractivity contribution in [1.29, 1.82) is 0 Å². The van der Waals surface area contributed by atoms with Crippen LogP contribution in [0.2, 0.25) is 0 Å². The van der Waals surface area contributed by atoms with E-state index in [1.807, 2.05) is 0 Å². The maximum atomic E-state index is 15.1. The Hall–Kier alpha value is -3.85. The van der Waals surface area contributed by atoms with Gasteiger partial charge in [-0.3, -0.25) is 19.1 Å². The number of hydrogen-bond acceptors (Lipinski definition) is 9. The molecule has 5 heterocycles. The Morgan fingerprint density at radius 2 is 1.59 bits per heavy atom. The minimum Gasteiger partial charge on any atom is -0.493 e. The van der Waals surface area contributed by atoms with Crippen LogP contribution in [-0.4, -0.2) is 93.7 Å². The molecule has 0 atom stereocenters. The van der Waals surface area contributed by atoms with Gasteiger partial charge in [-0.15, -0.1) is 0 Å². The SMILES string of the molecule is O=c1ccn(-c2ccc(C3CCN(CCN4CCC(COc5cc(F)c6c(=O)[nH]c(CSC7CCOCC7)nc6c5)CC4)CC3)c(F)c2)c(=O)[nH]1. The van der Waals surface area contributed by atoms with Crippen molar-refractivity contribution in [2.75, 3.05) is 59.1 Å². The Labute approximate surface area is 298 Å². The smallest absolute Gasteiger partial charge is 0.332 e. The summed E-state index contributed by atoms with van der Waals surface area (Å²) in [5.41, 5.74) is -0.184. The highest BCUT2D eigenvalue weighted by molar-refractivity contribution is 7.99. The van der Waals surface area contributed by atoms with E-state index < -0.39 is 22.6 Å². The first-order valence-electron chi connectivity index (χ1n) is 17.9. The summed E-state index contributed by atoms with van der Waals surface area (Å²) in [6.07, 6.45) is 7.01. The van der Waals surface area contributed by atoms with Crippen molar-refractivity contribution >= 4 is 22.7 Å². The number of fused-ring (bicyclic) bond motifs is 1. The first-order valence-corrected chi connectivity index (χ1v) is 18.9. The average molecular weight is 723 g/mol. The van der Waals surface area contributed by atoms with Gasteiger partial charge in [-0.2, -0.15) is 11.8 Å². The lowest BCUT2D eigenvalue weighted by Crippen LogP contribution is -2.42. The van der Waals surface area contributed by atoms with Crippen LogP contribution >= 0.6 is 11.8 Å². The second kappa shape index (κ2) is 16.2. The molecular formula is C37H44F2N6O5S. The van der Waals surface area contributed by atoms with E-state index in [2.05, 4.69) is 24.8 Å². The molecule has 3 fully saturated rings. The van der Waals surface area contributed by atoms with Gasteiger partial charge in [-0.1, -0.05) is 6.07 Å². The predicted octanol–water partition coefficient (Wildman–Crippen LogP) is 4.42. The van der Waals surface area contributed by atoms with Gasteiger partial charge in [0.15, 0.2) is 0 Å². The number of aromatic nitrogens is 4. The van der Waals surface area contributed by atoms with Crippen LogP contribution in [0.25, 0.3) is 16.6 Å². The fraction of sp³-hybridized carbons (Fsp3) is 0.514. The third-order valence-electron chi connectivity index (χ3n) is 10.4. The standard InChI is InChI=1S/C37H44F2N6O5S/c38-30-19-26(45-14-7-34(46)42-37(45)48)1-2-29(30)25-5-12-44(13-6-25)16-15-43-10-3-24(4-11-43)22-50-27-20-31(39)35-32(21-27)40-33(41-36(35)47)23-51-28-8-17-49-18-9-28/h1-2,7,14,19-21,24-25,28H,3-6,8-13,15-18,22-23H2,(H,40,41,47)(H,42,46,48). The minimum atomic E-state index is -0.623. The third kappa shape index (κ3) is 8.79. The van der Waals surface area contributed by atoms with E-state index in [4.69, 9.17) is 9.47 Å². The molecule has 0 amide bonds. The highest BCUT2D eigenvalue weighted by atomic mass is 32.2. The number of hydrogen-bond donors (Lipinski definition) is 2. The van der Waals surface area contributed by atoms with Crippen LogP contribution in [0, 0.1) is 17.6 Å². The number of piperidine rings is 2. The molecule has 2 N–H and O–H groups in total. The van der Waals surface area contributed by atoms with E-state index in [0.29, 0.717) is 51.9 Å². The average Bonchev–Trinajstić information content (AvgIpc) is 3.13. The molecule has 7 rings (SSSR count). The predicted molar refractivity (Wildman–Crippen MR) is 193 cm³/mol. The number of rotatable bonds is 11. The van der Waals surface area contributed by atoms with E-state index in [-0.39, 0.29) is 17.1 Å². The number of halogens is 2. The molecule has 2 aromatic carbocycles. The van der Waals surface area contributed by atoms with Gasteiger partial charge in [0.25, 0.3) is 11.1 Å². The summed E-state index contributed by atoms with van der Waals surface area (Å²) in [4.78, 5) is 50.6. The van der Waals surface area contributed by atoms with Crippen molar-refractivity contribution in [1.82, 2.24) is 29.3 Å². The monoisotopic (exact) mass is 722 g/mol. The van der Waals surface area contributed by atoms with E-state index in [9.17, 15) is 18.8 Å². The van der Waals surface area contributed by atoms with Crippen molar-refractivity contribution in [3.8, 4) is 11.4 Å². The molecule has 0 aliphatic carbocycles. The van der Waals surface area contributed by atoms with Gasteiger partial charge in [-0.25, -0.2) is 18.6 Å². The van der Waals surface area contributed by atoms with Crippen molar-refractivity contribution in [2.45, 2.75) is 55.4 Å². The molecule has 3 aliphatic heterocycles. The second-order valence-corrected chi connectivity index (χ2v) is 15.1. The van der Waals surface area contributed by atoms with Crippen LogP contribution in [-0.2, 0) is 10.5 Å². The zero-order chi connectivity index (χ0) is 35.3. The zero-order valence-electron chi connectivity index (χ0n) is 28.6. The maximum Gasteiger partial charge on any atom is 0.332 e. The van der Waals surface area contributed by atoms with Crippen molar-refractivity contribution < 1.29 is 18.3 Å². The van der Waals surface area contributed by atoms with E-state index in [1.165, 1.54) is 29.0 Å². The molecule has 11 nitrogen and oxygen atoms in total. The van der Waals surface area contributed by atoms with Crippen LogP contribution in [0.15, 0.2) is 57.0 Å². The fourth-order valence-corrected chi connectivity index (χ4v) is 8.45. The van der Waals surface area contributed by atoms with Crippen LogP contribution in [0.5, 0.6) is 5.75 Å². The number of aromatic amines is 2. The Morgan fingerprint density at radius 3 is 2.29 bits per heavy atom. The number of benzene rings is 2. The Balaban J connectivity index is 0.842. The minimum absolute atomic E-state index is 0.0382. The quantitative estimate of drug-likeness (QED) is 0.232. The van der Waals surface area contributed by atoms with Gasteiger partial charge in [0.05, 0.1) is 23.6 Å². The molecule has 3 aliphatic rings. The largest absolute Gasteiger partial charge is 0.493 e. The van der Waals surface area contributed by atoms with Crippen LogP contribution in [0.1, 0.15) is 55.8 Å².